The summed E-state index contributed by atoms with van der Waals surface area (Å²) in [6.45, 7) is 0.262. The zero-order valence-electron chi connectivity index (χ0n) is 19.6. The molecule has 0 spiro atoms. The molecule has 2 aromatic rings. The van der Waals surface area contributed by atoms with Gasteiger partial charge in [0, 0.05) is 47.2 Å². The van der Waals surface area contributed by atoms with Gasteiger partial charge in [0.1, 0.15) is 17.2 Å². The Morgan fingerprint density at radius 3 is 2.64 bits per heavy atom. The fourth-order valence-electron chi connectivity index (χ4n) is 3.66. The molecular formula is C26H25ClF3N3O3. The first-order valence-corrected chi connectivity index (χ1v) is 11.3. The highest BCUT2D eigenvalue weighted by atomic mass is 35.5. The number of aromatic hydroxyl groups is 1. The molecule has 2 aromatic carbocycles. The zero-order valence-corrected chi connectivity index (χ0v) is 20.3. The number of allylic oxidation sites excluding steroid dienone is 4. The van der Waals surface area contributed by atoms with Gasteiger partial charge in [-0.2, -0.15) is 13.2 Å². The minimum absolute atomic E-state index is 0.0230. The van der Waals surface area contributed by atoms with Gasteiger partial charge in [-0.05, 0) is 54.8 Å². The number of rotatable bonds is 7. The molecule has 3 rings (SSSR count). The number of halogens is 4. The van der Waals surface area contributed by atoms with E-state index in [9.17, 15) is 23.1 Å². The average Bonchev–Trinajstić information content (AvgIpc) is 2.85. The van der Waals surface area contributed by atoms with Crippen molar-refractivity contribution in [3.63, 3.8) is 0 Å². The monoisotopic (exact) mass is 519 g/mol. The van der Waals surface area contributed by atoms with E-state index in [2.05, 4.69) is 4.99 Å². The second-order valence-electron chi connectivity index (χ2n) is 8.00. The van der Waals surface area contributed by atoms with Crippen LogP contribution in [0.4, 0.5) is 18.9 Å². The van der Waals surface area contributed by atoms with Gasteiger partial charge >= 0.3 is 6.18 Å². The zero-order chi connectivity index (χ0) is 26.5. The van der Waals surface area contributed by atoms with Gasteiger partial charge in [0.05, 0.1) is 7.11 Å². The molecule has 6 nitrogen and oxygen atoms in total. The molecule has 0 bridgehead atoms. The molecule has 0 aliphatic heterocycles. The highest BCUT2D eigenvalue weighted by molar-refractivity contribution is 6.31. The van der Waals surface area contributed by atoms with Gasteiger partial charge in [-0.15, -0.1) is 0 Å². The van der Waals surface area contributed by atoms with Gasteiger partial charge in [-0.3, -0.25) is 9.79 Å². The molecule has 1 aliphatic rings. The van der Waals surface area contributed by atoms with Crippen molar-refractivity contribution in [3.8, 4) is 11.5 Å². The maximum atomic E-state index is 13.5. The number of alkyl halides is 3. The van der Waals surface area contributed by atoms with Crippen molar-refractivity contribution in [1.82, 2.24) is 0 Å². The van der Waals surface area contributed by atoms with Gasteiger partial charge in [0.2, 0.25) is 0 Å². The van der Waals surface area contributed by atoms with E-state index in [-0.39, 0.29) is 35.4 Å². The van der Waals surface area contributed by atoms with E-state index in [1.165, 1.54) is 30.2 Å². The van der Waals surface area contributed by atoms with Crippen LogP contribution in [-0.2, 0) is 0 Å². The van der Waals surface area contributed by atoms with Crippen LogP contribution in [0.1, 0.15) is 22.3 Å². The number of carbonyl (C=O) groups is 1. The lowest BCUT2D eigenvalue weighted by atomic mass is 9.99. The Bertz CT molecular complexity index is 1250. The molecule has 36 heavy (non-hydrogen) atoms. The fourth-order valence-corrected chi connectivity index (χ4v) is 3.82. The van der Waals surface area contributed by atoms with Crippen molar-refractivity contribution in [1.29, 1.82) is 0 Å². The van der Waals surface area contributed by atoms with Gasteiger partial charge in [0.15, 0.2) is 0 Å². The molecule has 10 heteroatoms. The molecule has 1 amide bonds. The van der Waals surface area contributed by atoms with Gasteiger partial charge in [-0.25, -0.2) is 0 Å². The fraction of sp³-hybridized carbons (Fsp3) is 0.231. The topological polar surface area (TPSA) is 88.2 Å². The van der Waals surface area contributed by atoms with Crippen LogP contribution in [0.15, 0.2) is 76.8 Å². The number of phenolic OH excluding ortho intramolecular Hbond substituents is 1. The number of amides is 1. The summed E-state index contributed by atoms with van der Waals surface area (Å²) < 4.78 is 44.4. The summed E-state index contributed by atoms with van der Waals surface area (Å²) >= 11 is 6.02. The maximum absolute atomic E-state index is 13.5. The summed E-state index contributed by atoms with van der Waals surface area (Å²) in [7, 11) is 2.49. The smallest absolute Gasteiger partial charge is 0.432 e. The molecule has 0 fully saturated rings. The van der Waals surface area contributed by atoms with Crippen molar-refractivity contribution < 1.29 is 27.8 Å². The van der Waals surface area contributed by atoms with Crippen LogP contribution in [0.25, 0.3) is 5.70 Å². The predicted molar refractivity (Wildman–Crippen MR) is 136 cm³/mol. The van der Waals surface area contributed by atoms with E-state index in [0.29, 0.717) is 34.5 Å². The first-order valence-electron chi connectivity index (χ1n) is 10.9. The molecule has 190 valence electrons. The molecule has 3 N–H and O–H groups in total. The third kappa shape index (κ3) is 6.48. The van der Waals surface area contributed by atoms with Crippen molar-refractivity contribution >= 4 is 34.6 Å². The van der Waals surface area contributed by atoms with E-state index < -0.39 is 11.9 Å². The van der Waals surface area contributed by atoms with Crippen molar-refractivity contribution in [3.05, 3.63) is 82.9 Å². The van der Waals surface area contributed by atoms with Crippen LogP contribution >= 0.6 is 11.6 Å². The summed E-state index contributed by atoms with van der Waals surface area (Å²) in [5, 5.41) is 11.2. The first-order chi connectivity index (χ1) is 17.0. The molecular weight excluding hydrogens is 495 g/mol. The van der Waals surface area contributed by atoms with Crippen LogP contribution in [0.2, 0.25) is 0 Å². The molecule has 0 saturated heterocycles. The number of hydrogen-bond acceptors (Lipinski definition) is 5. The number of benzene rings is 2. The van der Waals surface area contributed by atoms with Crippen LogP contribution < -0.4 is 15.4 Å². The molecule has 1 aliphatic carbocycles. The Balaban J connectivity index is 1.98. The van der Waals surface area contributed by atoms with Crippen molar-refractivity contribution in [2.45, 2.75) is 12.6 Å². The summed E-state index contributed by atoms with van der Waals surface area (Å²) in [5.41, 5.74) is 5.01. The largest absolute Gasteiger partial charge is 0.507 e. The lowest BCUT2D eigenvalue weighted by molar-refractivity contribution is -0.0577. The number of aliphatic imine (C=N–C) groups is 1. The van der Waals surface area contributed by atoms with E-state index in [1.54, 1.807) is 30.3 Å². The van der Waals surface area contributed by atoms with Crippen LogP contribution in [0.5, 0.6) is 11.5 Å². The summed E-state index contributed by atoms with van der Waals surface area (Å²) in [6, 6.07) is 10.8. The maximum Gasteiger partial charge on any atom is 0.432 e. The lowest BCUT2D eigenvalue weighted by Crippen LogP contribution is -2.35. The van der Waals surface area contributed by atoms with Crippen molar-refractivity contribution in [2.24, 2.45) is 16.6 Å². The first kappa shape index (κ1) is 26.9. The second-order valence-corrected chi connectivity index (χ2v) is 8.44. The van der Waals surface area contributed by atoms with Crippen LogP contribution in [0, 0.1) is 5.92 Å². The molecule has 0 radical (unpaired) electrons. The van der Waals surface area contributed by atoms with E-state index in [1.807, 2.05) is 12.2 Å². The van der Waals surface area contributed by atoms with Gasteiger partial charge in [0.25, 0.3) is 5.91 Å². The van der Waals surface area contributed by atoms with Crippen LogP contribution in [-0.4, -0.2) is 43.6 Å². The SMILES string of the molecule is CN=C(C=C(N)c1ccc(N(CC2C=CC(Cl)=CC2)C(=O)c2cccc(OC)c2)cc1O)C(F)(F)F. The minimum Gasteiger partial charge on any atom is -0.507 e. The third-order valence-corrected chi connectivity index (χ3v) is 5.83. The minimum atomic E-state index is -4.69. The summed E-state index contributed by atoms with van der Waals surface area (Å²) in [5.74, 6) is -0.285. The molecule has 1 unspecified atom stereocenters. The van der Waals surface area contributed by atoms with E-state index in [0.717, 1.165) is 7.05 Å². The Hall–Kier alpha value is -3.72. The number of hydrogen-bond donors (Lipinski definition) is 2. The highest BCUT2D eigenvalue weighted by Gasteiger charge is 2.34. The molecule has 1 atom stereocenters. The number of methoxy groups -OCH3 is 1. The number of ether oxygens (including phenoxy) is 1. The predicted octanol–water partition coefficient (Wildman–Crippen LogP) is 5.68. The Morgan fingerprint density at radius 2 is 2.06 bits per heavy atom. The number of anilines is 1. The molecule has 0 heterocycles. The second kappa shape index (κ2) is 11.3. The van der Waals surface area contributed by atoms with E-state index >= 15 is 0 Å². The Kier molecular flexibility index (Phi) is 8.47. The van der Waals surface area contributed by atoms with E-state index in [4.69, 9.17) is 22.1 Å². The number of nitrogens with zero attached hydrogens (tertiary/aromatic N) is 2. The number of phenols is 1. The highest BCUT2D eigenvalue weighted by Crippen LogP contribution is 2.32. The van der Waals surface area contributed by atoms with Crippen molar-refractivity contribution in [2.75, 3.05) is 25.6 Å². The lowest BCUT2D eigenvalue weighted by Gasteiger charge is -2.28. The standard InChI is InChI=1S/C26H25ClF3N3O3/c1-32-24(26(28,29)30)14-22(31)21-11-10-19(13-23(21)34)33(15-16-6-8-18(27)9-7-16)25(35)17-4-3-5-20(12-17)36-2/h3-6,8-14,16,34H,7,15,31H2,1-2H3. The molecule has 0 aromatic heterocycles. The Morgan fingerprint density at radius 1 is 1.31 bits per heavy atom. The third-order valence-electron chi connectivity index (χ3n) is 5.55. The number of nitrogens with two attached hydrogens (primary N) is 1. The van der Waals surface area contributed by atoms with Gasteiger partial charge < -0.3 is 20.5 Å². The normalized spacial score (nSPS) is 16.5. The quantitative estimate of drug-likeness (QED) is 0.461. The summed E-state index contributed by atoms with van der Waals surface area (Å²) in [4.78, 5) is 18.2. The summed E-state index contributed by atoms with van der Waals surface area (Å²) in [6.07, 6.45) is 2.06. The molecule has 0 saturated carbocycles. The Labute approximate surface area is 211 Å². The average molecular weight is 520 g/mol. The van der Waals surface area contributed by atoms with Crippen LogP contribution in [0.3, 0.4) is 0 Å². The number of carbonyl (C=O) groups excluding carboxylic acids is 1. The van der Waals surface area contributed by atoms with Gasteiger partial charge in [-0.1, -0.05) is 29.8 Å².